The van der Waals surface area contributed by atoms with E-state index in [2.05, 4.69) is 11.1 Å². The first-order valence-corrected chi connectivity index (χ1v) is 9.58. The van der Waals surface area contributed by atoms with Crippen LogP contribution in [0.2, 0.25) is 0 Å². The predicted molar refractivity (Wildman–Crippen MR) is 103 cm³/mol. The Morgan fingerprint density at radius 2 is 1.90 bits per heavy atom. The van der Waals surface area contributed by atoms with Crippen molar-refractivity contribution in [2.45, 2.75) is 38.8 Å². The first-order valence-electron chi connectivity index (χ1n) is 9.58. The second-order valence-electron chi connectivity index (χ2n) is 7.58. The van der Waals surface area contributed by atoms with Gasteiger partial charge in [-0.3, -0.25) is 9.78 Å². The van der Waals surface area contributed by atoms with Crippen LogP contribution in [0.15, 0.2) is 36.4 Å². The number of pyridine rings is 1. The molecule has 1 amide bonds. The summed E-state index contributed by atoms with van der Waals surface area (Å²) in [4.78, 5) is 19.2. The molecule has 3 rings (SSSR count). The zero-order valence-electron chi connectivity index (χ0n) is 16.3. The summed E-state index contributed by atoms with van der Waals surface area (Å²) >= 11 is 0. The largest absolute Gasteiger partial charge is 0.391 e. The quantitative estimate of drug-likeness (QED) is 0.714. The van der Waals surface area contributed by atoms with Crippen LogP contribution in [-0.2, 0) is 0 Å². The van der Waals surface area contributed by atoms with Crippen LogP contribution in [0.3, 0.4) is 0 Å². The third-order valence-corrected chi connectivity index (χ3v) is 5.26. The Morgan fingerprint density at radius 1 is 1.21 bits per heavy atom. The van der Waals surface area contributed by atoms with Crippen molar-refractivity contribution in [2.75, 3.05) is 13.1 Å². The smallest absolute Gasteiger partial charge is 0.339 e. The van der Waals surface area contributed by atoms with Crippen molar-refractivity contribution < 1.29 is 18.0 Å². The van der Waals surface area contributed by atoms with E-state index in [0.717, 1.165) is 5.69 Å². The molecule has 0 atom stereocenters. The average Bonchev–Trinajstić information content (AvgIpc) is 2.72. The maximum Gasteiger partial charge on any atom is 0.391 e. The fourth-order valence-corrected chi connectivity index (χ4v) is 3.52. The maximum absolute atomic E-state index is 13.1. The molecule has 4 nitrogen and oxygen atoms in total. The first kappa shape index (κ1) is 20.8. The number of aromatic nitrogens is 1. The Kier molecular flexibility index (Phi) is 5.92. The third kappa shape index (κ3) is 4.58. The van der Waals surface area contributed by atoms with Gasteiger partial charge in [0.1, 0.15) is 0 Å². The highest BCUT2D eigenvalue weighted by Gasteiger charge is 2.41. The number of carbonyl (C=O) groups excluding carboxylic acids is 1. The van der Waals surface area contributed by atoms with Gasteiger partial charge in [-0.1, -0.05) is 19.9 Å². The molecule has 1 aliphatic rings. The predicted octanol–water partition coefficient (Wildman–Crippen LogP) is 5.16. The fraction of sp³-hybridized carbons (Fsp3) is 0.409. The molecule has 1 fully saturated rings. The Morgan fingerprint density at radius 3 is 2.48 bits per heavy atom. The van der Waals surface area contributed by atoms with Crippen LogP contribution in [0, 0.1) is 17.2 Å². The van der Waals surface area contributed by atoms with E-state index in [1.54, 1.807) is 24.3 Å². The van der Waals surface area contributed by atoms with E-state index in [0.29, 0.717) is 22.4 Å². The Labute approximate surface area is 168 Å². The lowest BCUT2D eigenvalue weighted by Gasteiger charge is -2.33. The molecule has 0 spiro atoms. The minimum absolute atomic E-state index is 0.0575. The molecule has 0 radical (unpaired) electrons. The van der Waals surface area contributed by atoms with Crippen LogP contribution in [0.5, 0.6) is 0 Å². The summed E-state index contributed by atoms with van der Waals surface area (Å²) in [5, 5.41) is 9.26. The van der Waals surface area contributed by atoms with Gasteiger partial charge < -0.3 is 4.90 Å². The van der Waals surface area contributed by atoms with Crippen molar-refractivity contribution in [1.29, 1.82) is 5.26 Å². The van der Waals surface area contributed by atoms with E-state index in [9.17, 15) is 23.2 Å². The fourth-order valence-electron chi connectivity index (χ4n) is 3.52. The number of benzene rings is 1. The number of nitrogens with zero attached hydrogens (tertiary/aromatic N) is 3. The Balaban J connectivity index is 1.93. The van der Waals surface area contributed by atoms with Crippen LogP contribution in [0.4, 0.5) is 13.2 Å². The molecule has 2 aromatic rings. The molecule has 0 aliphatic carbocycles. The van der Waals surface area contributed by atoms with Crippen LogP contribution >= 0.6 is 0 Å². The van der Waals surface area contributed by atoms with Gasteiger partial charge in [-0.05, 0) is 49.1 Å². The van der Waals surface area contributed by atoms with Crippen molar-refractivity contribution in [2.24, 2.45) is 5.92 Å². The number of carbonyl (C=O) groups is 1. The number of hydrogen-bond donors (Lipinski definition) is 0. The Bertz CT molecular complexity index is 939. The molecule has 0 saturated carbocycles. The second-order valence-corrected chi connectivity index (χ2v) is 7.58. The highest BCUT2D eigenvalue weighted by molar-refractivity contribution is 6.00. The van der Waals surface area contributed by atoms with Crippen molar-refractivity contribution in [3.63, 3.8) is 0 Å². The van der Waals surface area contributed by atoms with Crippen molar-refractivity contribution >= 4 is 5.91 Å². The molecule has 0 bridgehead atoms. The molecular formula is C22H22F3N3O. The van der Waals surface area contributed by atoms with E-state index in [-0.39, 0.29) is 37.8 Å². The number of alkyl halides is 3. The van der Waals surface area contributed by atoms with Gasteiger partial charge in [0.15, 0.2) is 0 Å². The topological polar surface area (TPSA) is 57.0 Å². The van der Waals surface area contributed by atoms with Gasteiger partial charge in [0.2, 0.25) is 0 Å². The molecular weight excluding hydrogens is 379 g/mol. The lowest BCUT2D eigenvalue weighted by molar-refractivity contribution is -0.183. The SMILES string of the molecule is CC(C)c1cccc(-c2cc(C#N)ccc2C(=O)N2CCC(C(F)(F)F)CC2)n1. The summed E-state index contributed by atoms with van der Waals surface area (Å²) < 4.78 is 38.8. The number of rotatable bonds is 3. The second kappa shape index (κ2) is 8.24. The van der Waals surface area contributed by atoms with Crippen LogP contribution in [-0.4, -0.2) is 35.1 Å². The Hall–Kier alpha value is -2.88. The zero-order valence-corrected chi connectivity index (χ0v) is 16.3. The minimum atomic E-state index is -4.23. The number of halogens is 3. The van der Waals surface area contributed by atoms with E-state index in [4.69, 9.17) is 0 Å². The summed E-state index contributed by atoms with van der Waals surface area (Å²) in [6.45, 7) is 4.13. The van der Waals surface area contributed by atoms with Gasteiger partial charge in [0.05, 0.1) is 23.2 Å². The monoisotopic (exact) mass is 401 g/mol. The van der Waals surface area contributed by atoms with Crippen molar-refractivity contribution in [3.8, 4) is 17.3 Å². The number of likely N-dealkylation sites (tertiary alicyclic amines) is 1. The summed E-state index contributed by atoms with van der Waals surface area (Å²) in [6, 6.07) is 12.3. The molecule has 1 saturated heterocycles. The van der Waals surface area contributed by atoms with Gasteiger partial charge in [-0.25, -0.2) is 0 Å². The summed E-state index contributed by atoms with van der Waals surface area (Å²) in [5.41, 5.74) is 2.69. The third-order valence-electron chi connectivity index (χ3n) is 5.26. The highest BCUT2D eigenvalue weighted by atomic mass is 19.4. The normalized spacial score (nSPS) is 15.4. The summed E-state index contributed by atoms with van der Waals surface area (Å²) in [5.74, 6) is -1.51. The summed E-state index contributed by atoms with van der Waals surface area (Å²) in [7, 11) is 0. The van der Waals surface area contributed by atoms with Crippen molar-refractivity contribution in [3.05, 3.63) is 53.2 Å². The molecule has 0 unspecified atom stereocenters. The van der Waals surface area contributed by atoms with Gasteiger partial charge in [0, 0.05) is 29.9 Å². The highest BCUT2D eigenvalue weighted by Crippen LogP contribution is 2.35. The average molecular weight is 401 g/mol. The van der Waals surface area contributed by atoms with Gasteiger partial charge in [-0.2, -0.15) is 18.4 Å². The molecule has 2 heterocycles. The molecule has 1 aromatic carbocycles. The lowest BCUT2D eigenvalue weighted by Crippen LogP contribution is -2.42. The number of piperidine rings is 1. The van der Waals surface area contributed by atoms with Gasteiger partial charge >= 0.3 is 6.18 Å². The number of hydrogen-bond acceptors (Lipinski definition) is 3. The standard InChI is InChI=1S/C22H22F3N3O/c1-14(2)19-4-3-5-20(27-19)18-12-15(13-26)6-7-17(18)21(29)28-10-8-16(9-11-28)22(23,24)25/h3-7,12,14,16H,8-11H2,1-2H3. The zero-order chi connectivity index (χ0) is 21.2. The van der Waals surface area contributed by atoms with E-state index >= 15 is 0 Å². The number of amides is 1. The molecule has 1 aromatic heterocycles. The van der Waals surface area contributed by atoms with E-state index in [1.807, 2.05) is 26.0 Å². The molecule has 152 valence electrons. The first-order chi connectivity index (χ1) is 13.7. The minimum Gasteiger partial charge on any atom is -0.339 e. The summed E-state index contributed by atoms with van der Waals surface area (Å²) in [6.07, 6.45) is -4.42. The lowest BCUT2D eigenvalue weighted by atomic mass is 9.94. The van der Waals surface area contributed by atoms with Crippen LogP contribution in [0.25, 0.3) is 11.3 Å². The van der Waals surface area contributed by atoms with Crippen LogP contribution < -0.4 is 0 Å². The molecule has 29 heavy (non-hydrogen) atoms. The van der Waals surface area contributed by atoms with Gasteiger partial charge in [-0.15, -0.1) is 0 Å². The van der Waals surface area contributed by atoms with E-state index in [1.165, 1.54) is 4.90 Å². The number of nitriles is 1. The molecule has 7 heteroatoms. The molecule has 1 aliphatic heterocycles. The van der Waals surface area contributed by atoms with Crippen LogP contribution in [0.1, 0.15) is 54.2 Å². The van der Waals surface area contributed by atoms with E-state index < -0.39 is 12.1 Å². The van der Waals surface area contributed by atoms with Crippen molar-refractivity contribution in [1.82, 2.24) is 9.88 Å². The molecule has 0 N–H and O–H groups in total. The van der Waals surface area contributed by atoms with Gasteiger partial charge in [0.25, 0.3) is 5.91 Å². The maximum atomic E-state index is 13.1.